The molecule has 0 aliphatic rings. The van der Waals surface area contributed by atoms with Crippen LogP contribution in [0.1, 0.15) is 20.3 Å². The normalized spacial score (nSPS) is 15.4. The van der Waals surface area contributed by atoms with Crippen molar-refractivity contribution in [2.75, 3.05) is 13.1 Å². The van der Waals surface area contributed by atoms with Crippen LogP contribution in [0.4, 0.5) is 13.2 Å². The molecular weight excluding hydrogens is 221 g/mol. The van der Waals surface area contributed by atoms with Crippen LogP contribution in [0.2, 0.25) is 0 Å². The summed E-state index contributed by atoms with van der Waals surface area (Å²) in [6, 6.07) is 0. The summed E-state index contributed by atoms with van der Waals surface area (Å²) in [5.41, 5.74) is 2.21. The Labute approximate surface area is 93.1 Å². The van der Waals surface area contributed by atoms with Crippen LogP contribution < -0.4 is 5.73 Å². The highest BCUT2D eigenvalue weighted by Crippen LogP contribution is 2.29. The molecule has 3 nitrogen and oxygen atoms in total. The molecule has 1 amide bonds. The molecule has 0 aromatic heterocycles. The Morgan fingerprint density at radius 2 is 2.00 bits per heavy atom. The van der Waals surface area contributed by atoms with Crippen molar-refractivity contribution in [3.8, 4) is 0 Å². The van der Waals surface area contributed by atoms with Crippen LogP contribution in [0, 0.1) is 0 Å². The summed E-state index contributed by atoms with van der Waals surface area (Å²) in [4.78, 5) is 12.7. The minimum absolute atomic E-state index is 0.0650. The van der Waals surface area contributed by atoms with Gasteiger partial charge in [0.05, 0.1) is 0 Å². The molecule has 0 aromatic carbocycles. The highest BCUT2D eigenvalue weighted by molar-refractivity contribution is 5.86. The monoisotopic (exact) mass is 238 g/mol. The predicted molar refractivity (Wildman–Crippen MR) is 55.7 cm³/mol. The van der Waals surface area contributed by atoms with Gasteiger partial charge in [0, 0.05) is 13.1 Å². The van der Waals surface area contributed by atoms with E-state index in [1.807, 2.05) is 0 Å². The molecule has 0 aromatic rings. The van der Waals surface area contributed by atoms with Crippen LogP contribution >= 0.6 is 0 Å². The summed E-state index contributed by atoms with van der Waals surface area (Å²) in [5.74, 6) is -1.12. The van der Waals surface area contributed by atoms with Crippen LogP contribution in [-0.4, -0.2) is 35.6 Å². The lowest BCUT2D eigenvalue weighted by atomic mass is 10.0. The van der Waals surface area contributed by atoms with Crippen LogP contribution in [-0.2, 0) is 4.79 Å². The van der Waals surface area contributed by atoms with E-state index in [0.29, 0.717) is 13.3 Å². The lowest BCUT2D eigenvalue weighted by Crippen LogP contribution is -2.62. The van der Waals surface area contributed by atoms with Crippen molar-refractivity contribution < 1.29 is 18.0 Å². The number of nitrogens with two attached hydrogens (primary N) is 1. The van der Waals surface area contributed by atoms with Crippen molar-refractivity contribution in [2.24, 2.45) is 5.73 Å². The van der Waals surface area contributed by atoms with E-state index in [9.17, 15) is 18.0 Å². The molecule has 0 aliphatic heterocycles. The summed E-state index contributed by atoms with van der Waals surface area (Å²) in [6.45, 7) is 6.14. The van der Waals surface area contributed by atoms with Gasteiger partial charge in [0.1, 0.15) is 0 Å². The zero-order valence-electron chi connectivity index (χ0n) is 9.47. The van der Waals surface area contributed by atoms with E-state index in [2.05, 4.69) is 6.58 Å². The highest BCUT2D eigenvalue weighted by Gasteiger charge is 2.55. The molecule has 0 fully saturated rings. The first kappa shape index (κ1) is 15.0. The highest BCUT2D eigenvalue weighted by atomic mass is 19.4. The minimum Gasteiger partial charge on any atom is -0.337 e. The fourth-order valence-electron chi connectivity index (χ4n) is 1.15. The van der Waals surface area contributed by atoms with Gasteiger partial charge in [-0.25, -0.2) is 0 Å². The third-order valence-electron chi connectivity index (χ3n) is 2.16. The molecule has 94 valence electrons. The number of hydrogen-bond donors (Lipinski definition) is 1. The molecule has 2 N–H and O–H groups in total. The average Bonchev–Trinajstić information content (AvgIpc) is 2.14. The summed E-state index contributed by atoms with van der Waals surface area (Å²) in [5, 5.41) is 0. The number of alkyl halides is 3. The number of hydrogen-bond acceptors (Lipinski definition) is 2. The van der Waals surface area contributed by atoms with E-state index in [0.717, 1.165) is 4.90 Å². The molecule has 0 heterocycles. The zero-order valence-corrected chi connectivity index (χ0v) is 9.47. The second kappa shape index (κ2) is 5.34. The Balaban J connectivity index is 4.91. The fourth-order valence-corrected chi connectivity index (χ4v) is 1.15. The van der Waals surface area contributed by atoms with Gasteiger partial charge in [-0.15, -0.1) is 6.58 Å². The number of carbonyl (C=O) groups is 1. The van der Waals surface area contributed by atoms with Gasteiger partial charge in [-0.2, -0.15) is 13.2 Å². The number of carbonyl (C=O) groups excluding carboxylic acids is 1. The molecule has 0 radical (unpaired) electrons. The second-order valence-corrected chi connectivity index (χ2v) is 3.74. The van der Waals surface area contributed by atoms with Crippen molar-refractivity contribution in [3.63, 3.8) is 0 Å². The molecule has 1 atom stereocenters. The SMILES string of the molecule is C=CCN(CCC)C(=O)C(C)(N)C(F)(F)F. The number of halogens is 3. The summed E-state index contributed by atoms with van der Waals surface area (Å²) in [7, 11) is 0. The Kier molecular flexibility index (Phi) is 4.99. The van der Waals surface area contributed by atoms with Gasteiger partial charge in [0.25, 0.3) is 5.91 Å². The number of amides is 1. The Hall–Kier alpha value is -1.04. The van der Waals surface area contributed by atoms with Gasteiger partial charge >= 0.3 is 6.18 Å². The van der Waals surface area contributed by atoms with Crippen LogP contribution in [0.15, 0.2) is 12.7 Å². The quantitative estimate of drug-likeness (QED) is 0.741. The largest absolute Gasteiger partial charge is 0.415 e. The van der Waals surface area contributed by atoms with Crippen molar-refractivity contribution in [1.82, 2.24) is 4.90 Å². The van der Waals surface area contributed by atoms with Crippen LogP contribution in [0.25, 0.3) is 0 Å². The molecule has 0 aliphatic carbocycles. The standard InChI is InChI=1S/C10H17F3N2O/c1-4-6-15(7-5-2)8(16)9(3,14)10(11,12)13/h4H,1,5-7,14H2,2-3H3. The minimum atomic E-state index is -4.75. The maximum absolute atomic E-state index is 12.5. The van der Waals surface area contributed by atoms with E-state index < -0.39 is 17.6 Å². The summed E-state index contributed by atoms with van der Waals surface area (Å²) < 4.78 is 37.6. The van der Waals surface area contributed by atoms with Gasteiger partial charge in [0.2, 0.25) is 0 Å². The van der Waals surface area contributed by atoms with Crippen LogP contribution in [0.3, 0.4) is 0 Å². The molecule has 0 saturated heterocycles. The van der Waals surface area contributed by atoms with Crippen LogP contribution in [0.5, 0.6) is 0 Å². The van der Waals surface area contributed by atoms with Gasteiger partial charge in [-0.05, 0) is 13.3 Å². The third kappa shape index (κ3) is 3.23. The Morgan fingerprint density at radius 1 is 1.50 bits per heavy atom. The van der Waals surface area contributed by atoms with Gasteiger partial charge in [-0.1, -0.05) is 13.0 Å². The fraction of sp³-hybridized carbons (Fsp3) is 0.700. The molecule has 0 saturated carbocycles. The molecule has 1 unspecified atom stereocenters. The maximum atomic E-state index is 12.5. The van der Waals surface area contributed by atoms with Gasteiger partial charge in [0.15, 0.2) is 5.54 Å². The number of nitrogens with zero attached hydrogens (tertiary/aromatic N) is 1. The van der Waals surface area contributed by atoms with Crippen molar-refractivity contribution >= 4 is 5.91 Å². The smallest absolute Gasteiger partial charge is 0.337 e. The van der Waals surface area contributed by atoms with Gasteiger partial charge in [-0.3, -0.25) is 4.79 Å². The first-order valence-corrected chi connectivity index (χ1v) is 4.94. The molecule has 0 spiro atoms. The molecule has 0 rings (SSSR count). The van der Waals surface area contributed by atoms with E-state index >= 15 is 0 Å². The molecule has 16 heavy (non-hydrogen) atoms. The lowest BCUT2D eigenvalue weighted by molar-refractivity contribution is -0.193. The van der Waals surface area contributed by atoms with Crippen molar-refractivity contribution in [3.05, 3.63) is 12.7 Å². The molecule has 6 heteroatoms. The second-order valence-electron chi connectivity index (χ2n) is 3.74. The van der Waals surface area contributed by atoms with E-state index in [4.69, 9.17) is 5.73 Å². The van der Waals surface area contributed by atoms with E-state index in [1.54, 1.807) is 6.92 Å². The zero-order chi connectivity index (χ0) is 13.0. The average molecular weight is 238 g/mol. The first-order chi connectivity index (χ1) is 7.18. The van der Waals surface area contributed by atoms with Gasteiger partial charge < -0.3 is 10.6 Å². The summed E-state index contributed by atoms with van der Waals surface area (Å²) >= 11 is 0. The predicted octanol–water partition coefficient (Wildman–Crippen LogP) is 1.69. The Morgan fingerprint density at radius 3 is 2.31 bits per heavy atom. The first-order valence-electron chi connectivity index (χ1n) is 4.94. The van der Waals surface area contributed by atoms with E-state index in [1.165, 1.54) is 6.08 Å². The lowest BCUT2D eigenvalue weighted by Gasteiger charge is -2.32. The Bertz CT molecular complexity index is 261. The number of rotatable bonds is 5. The van der Waals surface area contributed by atoms with Crippen molar-refractivity contribution in [1.29, 1.82) is 0 Å². The van der Waals surface area contributed by atoms with Crippen molar-refractivity contribution in [2.45, 2.75) is 32.0 Å². The molecular formula is C10H17F3N2O. The summed E-state index contributed by atoms with van der Waals surface area (Å²) in [6.07, 6.45) is -2.81. The topological polar surface area (TPSA) is 46.3 Å². The maximum Gasteiger partial charge on any atom is 0.415 e. The molecule has 0 bridgehead atoms. The van der Waals surface area contributed by atoms with E-state index in [-0.39, 0.29) is 13.1 Å². The third-order valence-corrected chi connectivity index (χ3v) is 2.16.